The minimum Gasteiger partial charge on any atom is -0.313 e. The normalized spacial score (nSPS) is 12.4. The summed E-state index contributed by atoms with van der Waals surface area (Å²) in [5.41, 5.74) is 1.57. The van der Waals surface area contributed by atoms with Crippen molar-refractivity contribution in [1.29, 1.82) is 0 Å². The van der Waals surface area contributed by atoms with Crippen LogP contribution >= 0.6 is 27.5 Å². The van der Waals surface area contributed by atoms with Crippen molar-refractivity contribution in [2.45, 2.75) is 12.5 Å². The van der Waals surface area contributed by atoms with Gasteiger partial charge >= 0.3 is 0 Å². The van der Waals surface area contributed by atoms with Gasteiger partial charge in [0.25, 0.3) is 0 Å². The van der Waals surface area contributed by atoms with Gasteiger partial charge < -0.3 is 5.32 Å². The first-order valence-electron chi connectivity index (χ1n) is 5.82. The number of benzene rings is 1. The largest absolute Gasteiger partial charge is 0.313 e. The van der Waals surface area contributed by atoms with E-state index in [0.717, 1.165) is 10.0 Å². The minimum absolute atomic E-state index is 0.0498. The lowest BCUT2D eigenvalue weighted by atomic mass is 9.99. The molecule has 0 aliphatic carbocycles. The van der Waals surface area contributed by atoms with E-state index in [4.69, 9.17) is 11.6 Å². The summed E-state index contributed by atoms with van der Waals surface area (Å²) in [7, 11) is 1.83. The fourth-order valence-electron chi connectivity index (χ4n) is 1.94. The van der Waals surface area contributed by atoms with Crippen LogP contribution in [-0.4, -0.2) is 12.0 Å². The first-order chi connectivity index (χ1) is 9.11. The molecular weight excluding hydrogens is 331 g/mol. The highest BCUT2D eigenvalue weighted by Gasteiger charge is 2.15. The molecule has 0 fully saturated rings. The number of aromatic nitrogens is 1. The van der Waals surface area contributed by atoms with Gasteiger partial charge in [-0.1, -0.05) is 33.6 Å². The lowest BCUT2D eigenvalue weighted by molar-refractivity contribution is 0.553. The number of pyridine rings is 1. The molecule has 1 aromatic heterocycles. The van der Waals surface area contributed by atoms with E-state index in [9.17, 15) is 4.39 Å². The zero-order valence-corrected chi connectivity index (χ0v) is 12.7. The van der Waals surface area contributed by atoms with Gasteiger partial charge in [-0.15, -0.1) is 0 Å². The van der Waals surface area contributed by atoms with Gasteiger partial charge in [0.05, 0.1) is 5.02 Å². The van der Waals surface area contributed by atoms with Gasteiger partial charge in [0.2, 0.25) is 0 Å². The van der Waals surface area contributed by atoms with E-state index in [0.29, 0.717) is 17.0 Å². The number of likely N-dealkylation sites (N-methyl/N-ethyl adjacent to an activating group) is 1. The summed E-state index contributed by atoms with van der Waals surface area (Å²) in [6.45, 7) is 0. The molecule has 100 valence electrons. The maximum absolute atomic E-state index is 13.9. The maximum atomic E-state index is 13.9. The van der Waals surface area contributed by atoms with Crippen LogP contribution in [0, 0.1) is 5.82 Å². The molecule has 5 heteroatoms. The number of hydrogen-bond donors (Lipinski definition) is 1. The van der Waals surface area contributed by atoms with E-state index in [1.807, 2.05) is 19.2 Å². The molecule has 2 aromatic rings. The van der Waals surface area contributed by atoms with E-state index >= 15 is 0 Å². The molecular formula is C14H13BrClFN2. The van der Waals surface area contributed by atoms with Crippen LogP contribution in [0.1, 0.15) is 17.2 Å². The third-order valence-electron chi connectivity index (χ3n) is 2.97. The van der Waals surface area contributed by atoms with Crippen molar-refractivity contribution in [2.24, 2.45) is 0 Å². The molecule has 0 bridgehead atoms. The summed E-state index contributed by atoms with van der Waals surface area (Å²) in [5, 5.41) is 3.74. The Morgan fingerprint density at radius 1 is 1.42 bits per heavy atom. The summed E-state index contributed by atoms with van der Waals surface area (Å²) < 4.78 is 14.6. The lowest BCUT2D eigenvalue weighted by Crippen LogP contribution is -2.19. The average Bonchev–Trinajstić information content (AvgIpc) is 2.39. The van der Waals surface area contributed by atoms with Crippen LogP contribution < -0.4 is 5.32 Å². The predicted octanol–water partition coefficient (Wildman–Crippen LogP) is 4.14. The number of hydrogen-bond acceptors (Lipinski definition) is 2. The molecule has 2 nitrogen and oxygen atoms in total. The lowest BCUT2D eigenvalue weighted by Gasteiger charge is -2.18. The Balaban J connectivity index is 2.27. The van der Waals surface area contributed by atoms with Gasteiger partial charge in [-0.2, -0.15) is 0 Å². The van der Waals surface area contributed by atoms with Crippen LogP contribution in [0.25, 0.3) is 0 Å². The maximum Gasteiger partial charge on any atom is 0.127 e. The van der Waals surface area contributed by atoms with E-state index in [-0.39, 0.29) is 11.9 Å². The van der Waals surface area contributed by atoms with E-state index < -0.39 is 0 Å². The first kappa shape index (κ1) is 14.4. The van der Waals surface area contributed by atoms with Crippen molar-refractivity contribution >= 4 is 27.5 Å². The minimum atomic E-state index is -0.222. The Labute approximate surface area is 125 Å². The zero-order valence-electron chi connectivity index (χ0n) is 10.3. The van der Waals surface area contributed by atoms with Crippen molar-refractivity contribution in [1.82, 2.24) is 10.3 Å². The van der Waals surface area contributed by atoms with Gasteiger partial charge in [-0.3, -0.25) is 4.98 Å². The SMILES string of the molecule is CNC(Cc1ccc(Br)cc1F)c1ccncc1Cl. The standard InChI is InChI=1S/C14H13BrClFN2/c1-18-14(11-4-5-19-8-12(11)16)6-9-2-3-10(15)7-13(9)17/h2-5,7-8,14,18H,6H2,1H3. The molecule has 0 aliphatic heterocycles. The summed E-state index contributed by atoms with van der Waals surface area (Å²) in [6.07, 6.45) is 3.81. The molecule has 0 aliphatic rings. The molecule has 1 aromatic carbocycles. The summed E-state index contributed by atoms with van der Waals surface area (Å²) in [6, 6.07) is 6.88. The van der Waals surface area contributed by atoms with Crippen molar-refractivity contribution in [3.05, 3.63) is 63.1 Å². The molecule has 0 radical (unpaired) electrons. The molecule has 0 saturated heterocycles. The number of rotatable bonds is 4. The van der Waals surface area contributed by atoms with Crippen LogP contribution in [0.3, 0.4) is 0 Å². The monoisotopic (exact) mass is 342 g/mol. The molecule has 1 unspecified atom stereocenters. The average molecular weight is 344 g/mol. The van der Waals surface area contributed by atoms with E-state index in [2.05, 4.69) is 26.2 Å². The molecule has 1 atom stereocenters. The fraction of sp³-hybridized carbons (Fsp3) is 0.214. The van der Waals surface area contributed by atoms with Crippen LogP contribution in [0.5, 0.6) is 0 Å². The summed E-state index contributed by atoms with van der Waals surface area (Å²) >= 11 is 9.38. The second kappa shape index (κ2) is 6.46. The Bertz CT molecular complexity index is 577. The Kier molecular flexibility index (Phi) is 4.91. The van der Waals surface area contributed by atoms with Crippen LogP contribution in [0.4, 0.5) is 4.39 Å². The zero-order chi connectivity index (χ0) is 13.8. The second-order valence-electron chi connectivity index (χ2n) is 4.18. The van der Waals surface area contributed by atoms with E-state index in [1.165, 1.54) is 6.07 Å². The number of nitrogens with zero attached hydrogens (tertiary/aromatic N) is 1. The van der Waals surface area contributed by atoms with Crippen molar-refractivity contribution in [2.75, 3.05) is 7.05 Å². The van der Waals surface area contributed by atoms with Gasteiger partial charge in [0.15, 0.2) is 0 Å². The quantitative estimate of drug-likeness (QED) is 0.902. The Hall–Kier alpha value is -0.970. The van der Waals surface area contributed by atoms with Crippen molar-refractivity contribution in [3.8, 4) is 0 Å². The van der Waals surface area contributed by atoms with Crippen molar-refractivity contribution < 1.29 is 4.39 Å². The van der Waals surface area contributed by atoms with Gasteiger partial charge in [-0.05, 0) is 42.8 Å². The molecule has 1 heterocycles. The molecule has 1 N–H and O–H groups in total. The predicted molar refractivity (Wildman–Crippen MR) is 78.9 cm³/mol. The first-order valence-corrected chi connectivity index (χ1v) is 6.99. The van der Waals surface area contributed by atoms with E-state index in [1.54, 1.807) is 18.5 Å². The molecule has 0 amide bonds. The number of halogens is 3. The van der Waals surface area contributed by atoms with Gasteiger partial charge in [0.1, 0.15) is 5.82 Å². The smallest absolute Gasteiger partial charge is 0.127 e. The molecule has 0 saturated carbocycles. The third-order valence-corrected chi connectivity index (χ3v) is 3.78. The van der Waals surface area contributed by atoms with Crippen LogP contribution in [0.15, 0.2) is 41.1 Å². The number of nitrogens with one attached hydrogen (secondary N) is 1. The van der Waals surface area contributed by atoms with Crippen LogP contribution in [0.2, 0.25) is 5.02 Å². The highest BCUT2D eigenvalue weighted by atomic mass is 79.9. The third kappa shape index (κ3) is 3.53. The Morgan fingerprint density at radius 2 is 2.21 bits per heavy atom. The van der Waals surface area contributed by atoms with Crippen molar-refractivity contribution in [3.63, 3.8) is 0 Å². The van der Waals surface area contributed by atoms with Crippen LogP contribution in [-0.2, 0) is 6.42 Å². The summed E-state index contributed by atoms with van der Waals surface area (Å²) in [4.78, 5) is 3.96. The summed E-state index contributed by atoms with van der Waals surface area (Å²) in [5.74, 6) is -0.222. The topological polar surface area (TPSA) is 24.9 Å². The fourth-order valence-corrected chi connectivity index (χ4v) is 2.53. The Morgan fingerprint density at radius 3 is 2.84 bits per heavy atom. The van der Waals surface area contributed by atoms with Gasteiger partial charge in [0, 0.05) is 22.9 Å². The molecule has 0 spiro atoms. The molecule has 2 rings (SSSR count). The second-order valence-corrected chi connectivity index (χ2v) is 5.50. The highest BCUT2D eigenvalue weighted by Crippen LogP contribution is 2.26. The molecule has 19 heavy (non-hydrogen) atoms. The van der Waals surface area contributed by atoms with Gasteiger partial charge in [-0.25, -0.2) is 4.39 Å². The highest BCUT2D eigenvalue weighted by molar-refractivity contribution is 9.10.